The Bertz CT molecular complexity index is 665. The zero-order chi connectivity index (χ0) is 17.0. The standard InChI is InChI=1S/C19H27N3O/c1-13(2)11-19(5,20)12-23-18-7-6-17(22-15(18)4)16-8-9-21-14(3)10-16/h6-10,13H,11-12,20H2,1-5H3. The number of ether oxygens (including phenoxy) is 1. The lowest BCUT2D eigenvalue weighted by Gasteiger charge is -2.27. The maximum atomic E-state index is 6.30. The third-order valence-electron chi connectivity index (χ3n) is 3.66. The van der Waals surface area contributed by atoms with Crippen molar-refractivity contribution in [3.8, 4) is 17.0 Å². The molecule has 2 heterocycles. The lowest BCUT2D eigenvalue weighted by molar-refractivity contribution is 0.205. The molecule has 1 atom stereocenters. The van der Waals surface area contributed by atoms with Crippen LogP contribution < -0.4 is 10.5 Å². The number of aromatic nitrogens is 2. The van der Waals surface area contributed by atoms with Crippen molar-refractivity contribution in [3.05, 3.63) is 41.9 Å². The maximum Gasteiger partial charge on any atom is 0.140 e. The highest BCUT2D eigenvalue weighted by Gasteiger charge is 2.21. The van der Waals surface area contributed by atoms with Gasteiger partial charge in [0.2, 0.25) is 0 Å². The molecular weight excluding hydrogens is 286 g/mol. The van der Waals surface area contributed by atoms with Crippen LogP contribution in [0.25, 0.3) is 11.3 Å². The molecule has 1 unspecified atom stereocenters. The predicted octanol–water partition coefficient (Wildman–Crippen LogP) is 3.90. The van der Waals surface area contributed by atoms with Crippen LogP contribution in [0.4, 0.5) is 0 Å². The van der Waals surface area contributed by atoms with E-state index in [-0.39, 0.29) is 5.54 Å². The molecule has 0 bridgehead atoms. The summed E-state index contributed by atoms with van der Waals surface area (Å²) in [6.07, 6.45) is 2.73. The molecule has 2 N–H and O–H groups in total. The van der Waals surface area contributed by atoms with Crippen LogP contribution in [-0.2, 0) is 0 Å². The molecule has 2 rings (SSSR count). The first-order valence-electron chi connectivity index (χ1n) is 8.09. The Hall–Kier alpha value is -1.94. The molecule has 0 aliphatic carbocycles. The first-order valence-corrected chi connectivity index (χ1v) is 8.09. The molecule has 23 heavy (non-hydrogen) atoms. The SMILES string of the molecule is Cc1cc(-c2ccc(OCC(C)(N)CC(C)C)c(C)n2)ccn1. The van der Waals surface area contributed by atoms with E-state index in [1.54, 1.807) is 6.20 Å². The Kier molecular flexibility index (Phi) is 5.37. The van der Waals surface area contributed by atoms with Crippen LogP contribution in [0.2, 0.25) is 0 Å². The van der Waals surface area contributed by atoms with Crippen molar-refractivity contribution >= 4 is 0 Å². The summed E-state index contributed by atoms with van der Waals surface area (Å²) in [5, 5.41) is 0. The molecule has 0 amide bonds. The van der Waals surface area contributed by atoms with Gasteiger partial charge in [-0.1, -0.05) is 13.8 Å². The molecule has 0 spiro atoms. The lowest BCUT2D eigenvalue weighted by Crippen LogP contribution is -2.43. The second kappa shape index (κ2) is 7.09. The summed E-state index contributed by atoms with van der Waals surface area (Å²) >= 11 is 0. The van der Waals surface area contributed by atoms with Crippen molar-refractivity contribution in [2.24, 2.45) is 11.7 Å². The average molecular weight is 313 g/mol. The van der Waals surface area contributed by atoms with Gasteiger partial charge in [-0.25, -0.2) is 4.98 Å². The minimum absolute atomic E-state index is 0.332. The fourth-order valence-electron chi connectivity index (χ4n) is 2.80. The van der Waals surface area contributed by atoms with Crippen LogP contribution in [0.15, 0.2) is 30.5 Å². The number of rotatable bonds is 6. The van der Waals surface area contributed by atoms with Crippen LogP contribution >= 0.6 is 0 Å². The fraction of sp³-hybridized carbons (Fsp3) is 0.474. The highest BCUT2D eigenvalue weighted by Crippen LogP contribution is 2.24. The van der Waals surface area contributed by atoms with Gasteiger partial charge in [-0.2, -0.15) is 0 Å². The molecule has 4 nitrogen and oxygen atoms in total. The van der Waals surface area contributed by atoms with Crippen molar-refractivity contribution in [2.75, 3.05) is 6.61 Å². The summed E-state index contributed by atoms with van der Waals surface area (Å²) in [7, 11) is 0. The third-order valence-corrected chi connectivity index (χ3v) is 3.66. The minimum atomic E-state index is -0.332. The number of nitrogens with zero attached hydrogens (tertiary/aromatic N) is 2. The molecule has 0 radical (unpaired) electrons. The summed E-state index contributed by atoms with van der Waals surface area (Å²) in [4.78, 5) is 8.87. The quantitative estimate of drug-likeness (QED) is 0.878. The molecule has 0 aliphatic rings. The molecule has 2 aromatic heterocycles. The smallest absolute Gasteiger partial charge is 0.140 e. The highest BCUT2D eigenvalue weighted by molar-refractivity contribution is 5.60. The van der Waals surface area contributed by atoms with E-state index in [0.29, 0.717) is 12.5 Å². The summed E-state index contributed by atoms with van der Waals surface area (Å²) in [5.41, 5.74) is 9.82. The number of nitrogens with two attached hydrogens (primary N) is 1. The van der Waals surface area contributed by atoms with Crippen LogP contribution in [0.5, 0.6) is 5.75 Å². The van der Waals surface area contributed by atoms with Gasteiger partial charge < -0.3 is 10.5 Å². The molecular formula is C19H27N3O. The Labute approximate surface area is 139 Å². The average Bonchev–Trinajstić information content (AvgIpc) is 2.44. The van der Waals surface area contributed by atoms with E-state index in [4.69, 9.17) is 10.5 Å². The molecule has 2 aromatic rings. The number of hydrogen-bond donors (Lipinski definition) is 1. The Morgan fingerprint density at radius 2 is 1.96 bits per heavy atom. The molecule has 4 heteroatoms. The largest absolute Gasteiger partial charge is 0.490 e. The van der Waals surface area contributed by atoms with Crippen molar-refractivity contribution < 1.29 is 4.74 Å². The normalized spacial score (nSPS) is 13.9. The van der Waals surface area contributed by atoms with E-state index >= 15 is 0 Å². The van der Waals surface area contributed by atoms with E-state index < -0.39 is 0 Å². The van der Waals surface area contributed by atoms with Gasteiger partial charge in [-0.15, -0.1) is 0 Å². The summed E-state index contributed by atoms with van der Waals surface area (Å²) in [6.45, 7) is 10.8. The van der Waals surface area contributed by atoms with E-state index in [1.807, 2.05) is 45.0 Å². The zero-order valence-corrected chi connectivity index (χ0v) is 14.8. The van der Waals surface area contributed by atoms with Gasteiger partial charge in [-0.3, -0.25) is 4.98 Å². The maximum absolute atomic E-state index is 6.30. The van der Waals surface area contributed by atoms with E-state index in [2.05, 4.69) is 23.8 Å². The summed E-state index contributed by atoms with van der Waals surface area (Å²) < 4.78 is 5.92. The van der Waals surface area contributed by atoms with E-state index in [9.17, 15) is 0 Å². The molecule has 0 saturated carbocycles. The highest BCUT2D eigenvalue weighted by atomic mass is 16.5. The number of aryl methyl sites for hydroxylation is 2. The minimum Gasteiger partial charge on any atom is -0.490 e. The third kappa shape index (κ3) is 5.03. The van der Waals surface area contributed by atoms with Gasteiger partial charge in [0.1, 0.15) is 12.4 Å². The van der Waals surface area contributed by atoms with Crippen LogP contribution in [0.1, 0.15) is 38.6 Å². The van der Waals surface area contributed by atoms with Crippen molar-refractivity contribution in [1.29, 1.82) is 0 Å². The topological polar surface area (TPSA) is 61.0 Å². The second-order valence-corrected chi connectivity index (χ2v) is 7.01. The summed E-state index contributed by atoms with van der Waals surface area (Å²) in [5.74, 6) is 1.34. The van der Waals surface area contributed by atoms with Gasteiger partial charge in [-0.05, 0) is 57.4 Å². The first kappa shape index (κ1) is 17.4. The van der Waals surface area contributed by atoms with Crippen LogP contribution in [0.3, 0.4) is 0 Å². The molecule has 0 saturated heterocycles. The van der Waals surface area contributed by atoms with Crippen molar-refractivity contribution in [1.82, 2.24) is 9.97 Å². The van der Waals surface area contributed by atoms with Crippen LogP contribution in [0, 0.1) is 19.8 Å². The first-order chi connectivity index (χ1) is 10.8. The van der Waals surface area contributed by atoms with Gasteiger partial charge in [0.25, 0.3) is 0 Å². The Balaban J connectivity index is 2.11. The number of pyridine rings is 2. The van der Waals surface area contributed by atoms with Gasteiger partial charge in [0, 0.05) is 23.0 Å². The van der Waals surface area contributed by atoms with Crippen molar-refractivity contribution in [2.45, 2.75) is 46.6 Å². The lowest BCUT2D eigenvalue weighted by atomic mass is 9.93. The molecule has 124 valence electrons. The monoisotopic (exact) mass is 313 g/mol. The predicted molar refractivity (Wildman–Crippen MR) is 94.5 cm³/mol. The van der Waals surface area contributed by atoms with Gasteiger partial charge in [0.15, 0.2) is 0 Å². The molecule has 0 aliphatic heterocycles. The van der Waals surface area contributed by atoms with Crippen LogP contribution in [-0.4, -0.2) is 22.1 Å². The molecule has 0 aromatic carbocycles. The zero-order valence-electron chi connectivity index (χ0n) is 14.8. The van der Waals surface area contributed by atoms with E-state index in [1.165, 1.54) is 0 Å². The second-order valence-electron chi connectivity index (χ2n) is 7.01. The molecule has 0 fully saturated rings. The Morgan fingerprint density at radius 1 is 1.22 bits per heavy atom. The summed E-state index contributed by atoms with van der Waals surface area (Å²) in [6, 6.07) is 7.95. The fourth-order valence-corrected chi connectivity index (χ4v) is 2.80. The van der Waals surface area contributed by atoms with Crippen molar-refractivity contribution in [3.63, 3.8) is 0 Å². The number of hydrogen-bond acceptors (Lipinski definition) is 4. The van der Waals surface area contributed by atoms with Gasteiger partial charge >= 0.3 is 0 Å². The van der Waals surface area contributed by atoms with E-state index in [0.717, 1.165) is 34.8 Å². The Morgan fingerprint density at radius 3 is 2.57 bits per heavy atom. The van der Waals surface area contributed by atoms with Gasteiger partial charge in [0.05, 0.1) is 11.4 Å².